The predicted molar refractivity (Wildman–Crippen MR) is 87.9 cm³/mol. The van der Waals surface area contributed by atoms with E-state index in [1.165, 1.54) is 10.4 Å². The van der Waals surface area contributed by atoms with Crippen LogP contribution in [0.1, 0.15) is 5.56 Å². The van der Waals surface area contributed by atoms with E-state index in [0.29, 0.717) is 6.54 Å². The first kappa shape index (κ1) is 13.0. The Hall–Kier alpha value is -2.73. The summed E-state index contributed by atoms with van der Waals surface area (Å²) in [4.78, 5) is 9.88. The van der Waals surface area contributed by atoms with Crippen molar-refractivity contribution in [3.63, 3.8) is 0 Å². The molecule has 5 nitrogen and oxygen atoms in total. The van der Waals surface area contributed by atoms with Gasteiger partial charge in [-0.1, -0.05) is 6.07 Å². The normalized spacial score (nSPS) is 10.9. The molecule has 0 amide bonds. The maximum Gasteiger partial charge on any atom is 0.165 e. The number of rotatable bonds is 4. The molecule has 0 saturated carbocycles. The van der Waals surface area contributed by atoms with E-state index >= 15 is 0 Å². The van der Waals surface area contributed by atoms with Crippen molar-refractivity contribution in [2.24, 2.45) is 0 Å². The summed E-state index contributed by atoms with van der Waals surface area (Å²) in [5.74, 6) is 0.836. The molecule has 4 aromatic heterocycles. The highest BCUT2D eigenvalue weighted by atomic mass is 32.1. The Kier molecular flexibility index (Phi) is 3.29. The predicted octanol–water partition coefficient (Wildman–Crippen LogP) is 3.46. The van der Waals surface area contributed by atoms with Gasteiger partial charge in [-0.15, -0.1) is 11.3 Å². The highest BCUT2D eigenvalue weighted by molar-refractivity contribution is 7.13. The molecule has 108 valence electrons. The van der Waals surface area contributed by atoms with E-state index in [-0.39, 0.29) is 0 Å². The van der Waals surface area contributed by atoms with Gasteiger partial charge in [0, 0.05) is 30.0 Å². The molecule has 4 heterocycles. The molecule has 0 spiro atoms. The Labute approximate surface area is 131 Å². The van der Waals surface area contributed by atoms with E-state index in [1.807, 2.05) is 36.7 Å². The van der Waals surface area contributed by atoms with Gasteiger partial charge < -0.3 is 5.32 Å². The zero-order chi connectivity index (χ0) is 14.8. The highest BCUT2D eigenvalue weighted by Crippen LogP contribution is 2.28. The quantitative estimate of drug-likeness (QED) is 0.627. The maximum absolute atomic E-state index is 4.69. The zero-order valence-corrected chi connectivity index (χ0v) is 12.5. The number of thiophene rings is 1. The molecule has 0 saturated heterocycles. The van der Waals surface area contributed by atoms with Gasteiger partial charge in [0.15, 0.2) is 5.65 Å². The van der Waals surface area contributed by atoms with Gasteiger partial charge in [0.2, 0.25) is 0 Å². The molecule has 4 rings (SSSR count). The molecule has 0 fully saturated rings. The van der Waals surface area contributed by atoms with Crippen LogP contribution in [0.5, 0.6) is 0 Å². The highest BCUT2D eigenvalue weighted by Gasteiger charge is 2.09. The van der Waals surface area contributed by atoms with Crippen LogP contribution < -0.4 is 5.32 Å². The Morgan fingerprint density at radius 1 is 1.14 bits per heavy atom. The summed E-state index contributed by atoms with van der Waals surface area (Å²) >= 11 is 1.69. The molecule has 0 aliphatic carbocycles. The number of nitrogens with zero attached hydrogens (tertiary/aromatic N) is 4. The first-order valence-electron chi connectivity index (χ1n) is 6.91. The second-order valence-corrected chi connectivity index (χ2v) is 5.77. The maximum atomic E-state index is 4.69. The van der Waals surface area contributed by atoms with Crippen molar-refractivity contribution >= 4 is 22.8 Å². The first-order chi connectivity index (χ1) is 10.9. The van der Waals surface area contributed by atoms with Crippen LogP contribution in [-0.2, 0) is 6.54 Å². The Morgan fingerprint density at radius 3 is 2.86 bits per heavy atom. The lowest BCUT2D eigenvalue weighted by molar-refractivity contribution is 0.936. The number of pyridine rings is 1. The van der Waals surface area contributed by atoms with Crippen molar-refractivity contribution in [1.82, 2.24) is 19.6 Å². The van der Waals surface area contributed by atoms with Gasteiger partial charge in [-0.25, -0.2) is 9.50 Å². The first-order valence-corrected chi connectivity index (χ1v) is 7.79. The van der Waals surface area contributed by atoms with Gasteiger partial charge in [-0.05, 0) is 35.2 Å². The van der Waals surface area contributed by atoms with E-state index in [2.05, 4.69) is 31.8 Å². The van der Waals surface area contributed by atoms with Crippen molar-refractivity contribution < 1.29 is 0 Å². The second kappa shape index (κ2) is 5.57. The second-order valence-electron chi connectivity index (χ2n) is 4.83. The van der Waals surface area contributed by atoms with Gasteiger partial charge in [-0.3, -0.25) is 4.98 Å². The smallest absolute Gasteiger partial charge is 0.165 e. The average Bonchev–Trinajstić information content (AvgIpc) is 3.22. The van der Waals surface area contributed by atoms with Crippen LogP contribution in [0.2, 0.25) is 0 Å². The fourth-order valence-electron chi connectivity index (χ4n) is 2.27. The summed E-state index contributed by atoms with van der Waals surface area (Å²) < 4.78 is 1.80. The van der Waals surface area contributed by atoms with Crippen molar-refractivity contribution in [2.75, 3.05) is 5.32 Å². The van der Waals surface area contributed by atoms with Gasteiger partial charge in [0.05, 0.1) is 11.8 Å². The minimum absolute atomic E-state index is 0.716. The molecule has 0 unspecified atom stereocenters. The van der Waals surface area contributed by atoms with E-state index in [0.717, 1.165) is 17.0 Å². The van der Waals surface area contributed by atoms with Crippen LogP contribution in [0.15, 0.2) is 60.5 Å². The summed E-state index contributed by atoms with van der Waals surface area (Å²) in [7, 11) is 0. The topological polar surface area (TPSA) is 55.1 Å². The lowest BCUT2D eigenvalue weighted by atomic mass is 10.2. The lowest BCUT2D eigenvalue weighted by Crippen LogP contribution is -2.02. The number of hydrogen-bond acceptors (Lipinski definition) is 5. The van der Waals surface area contributed by atoms with Crippen LogP contribution in [0.4, 0.5) is 5.82 Å². The van der Waals surface area contributed by atoms with Crippen molar-refractivity contribution in [1.29, 1.82) is 0 Å². The number of hydrogen-bond donors (Lipinski definition) is 1. The van der Waals surface area contributed by atoms with Gasteiger partial charge in [0.1, 0.15) is 5.82 Å². The third-order valence-electron chi connectivity index (χ3n) is 3.38. The van der Waals surface area contributed by atoms with Crippen molar-refractivity contribution in [2.45, 2.75) is 6.54 Å². The molecule has 0 bridgehead atoms. The molecule has 0 aliphatic rings. The molecule has 0 aliphatic heterocycles. The van der Waals surface area contributed by atoms with Crippen LogP contribution >= 0.6 is 11.3 Å². The van der Waals surface area contributed by atoms with Gasteiger partial charge >= 0.3 is 0 Å². The minimum Gasteiger partial charge on any atom is -0.366 e. The monoisotopic (exact) mass is 307 g/mol. The molecular weight excluding hydrogens is 294 g/mol. The van der Waals surface area contributed by atoms with E-state index < -0.39 is 0 Å². The molecule has 0 atom stereocenters. The van der Waals surface area contributed by atoms with Crippen LogP contribution in [-0.4, -0.2) is 19.6 Å². The molecular formula is C16H13N5S. The third kappa shape index (κ3) is 2.44. The molecule has 4 aromatic rings. The average molecular weight is 307 g/mol. The SMILES string of the molecule is c1csc(-c2cnn3ccc(NCc4ccncc4)nc23)c1. The van der Waals surface area contributed by atoms with E-state index in [1.54, 1.807) is 28.2 Å². The fourth-order valence-corrected chi connectivity index (χ4v) is 3.00. The molecule has 1 N–H and O–H groups in total. The van der Waals surface area contributed by atoms with Crippen LogP contribution in [0.3, 0.4) is 0 Å². The summed E-state index contributed by atoms with van der Waals surface area (Å²) in [6.45, 7) is 0.716. The lowest BCUT2D eigenvalue weighted by Gasteiger charge is -2.06. The fraction of sp³-hybridized carbons (Fsp3) is 0.0625. The Balaban J connectivity index is 1.64. The van der Waals surface area contributed by atoms with E-state index in [9.17, 15) is 0 Å². The van der Waals surface area contributed by atoms with Gasteiger partial charge in [0.25, 0.3) is 0 Å². The van der Waals surface area contributed by atoms with Crippen molar-refractivity contribution in [3.05, 3.63) is 66.1 Å². The standard InChI is InChI=1S/C16H13N5S/c1-2-14(22-9-1)13-11-19-21-8-5-15(20-16(13)21)18-10-12-3-6-17-7-4-12/h1-9,11H,10H2,(H,18,20). The largest absolute Gasteiger partial charge is 0.366 e. The zero-order valence-electron chi connectivity index (χ0n) is 11.7. The number of fused-ring (bicyclic) bond motifs is 1. The summed E-state index contributed by atoms with van der Waals surface area (Å²) in [5, 5.41) is 9.76. The van der Waals surface area contributed by atoms with Gasteiger partial charge in [-0.2, -0.15) is 5.10 Å². The third-order valence-corrected chi connectivity index (χ3v) is 4.28. The van der Waals surface area contributed by atoms with Crippen LogP contribution in [0.25, 0.3) is 16.1 Å². The summed E-state index contributed by atoms with van der Waals surface area (Å²) in [6, 6.07) is 10.0. The Morgan fingerprint density at radius 2 is 2.05 bits per heavy atom. The number of anilines is 1. The molecule has 22 heavy (non-hydrogen) atoms. The number of nitrogens with one attached hydrogen (secondary N) is 1. The summed E-state index contributed by atoms with van der Waals surface area (Å²) in [6.07, 6.45) is 7.37. The number of aromatic nitrogens is 4. The minimum atomic E-state index is 0.716. The van der Waals surface area contributed by atoms with Crippen molar-refractivity contribution in [3.8, 4) is 10.4 Å². The Bertz CT molecular complexity index is 883. The van der Waals surface area contributed by atoms with Crippen LogP contribution in [0, 0.1) is 0 Å². The molecule has 6 heteroatoms. The van der Waals surface area contributed by atoms with E-state index in [4.69, 9.17) is 0 Å². The summed E-state index contributed by atoms with van der Waals surface area (Å²) in [5.41, 5.74) is 3.09. The molecule has 0 aromatic carbocycles. The molecule has 0 radical (unpaired) electrons.